The summed E-state index contributed by atoms with van der Waals surface area (Å²) in [5, 5.41) is 15.0. The number of benzene rings is 1. The van der Waals surface area contributed by atoms with Gasteiger partial charge in [0.05, 0.1) is 5.39 Å². The highest BCUT2D eigenvalue weighted by Gasteiger charge is 2.23. The van der Waals surface area contributed by atoms with Crippen LogP contribution in [0.1, 0.15) is 17.4 Å². The first kappa shape index (κ1) is 20.1. The van der Waals surface area contributed by atoms with Gasteiger partial charge >= 0.3 is 5.97 Å². The number of pyridine rings is 1. The van der Waals surface area contributed by atoms with E-state index in [9.17, 15) is 9.90 Å². The van der Waals surface area contributed by atoms with Crippen LogP contribution in [0.3, 0.4) is 0 Å². The maximum atomic E-state index is 12.2. The Balaban J connectivity index is 1.55. The van der Waals surface area contributed by atoms with Crippen LogP contribution in [0.4, 0.5) is 5.82 Å². The Kier molecular flexibility index (Phi) is 5.28. The summed E-state index contributed by atoms with van der Waals surface area (Å²) < 4.78 is 0. The smallest absolute Gasteiger partial charge is 0.326 e. The second-order valence-electron chi connectivity index (χ2n) is 7.52. The van der Waals surface area contributed by atoms with Gasteiger partial charge in [-0.25, -0.2) is 14.8 Å². The van der Waals surface area contributed by atoms with Crippen LogP contribution in [-0.2, 0) is 17.6 Å². The lowest BCUT2D eigenvalue weighted by molar-refractivity contribution is -0.137. The molecule has 5 rings (SSSR count). The third kappa shape index (κ3) is 3.80. The Labute approximate surface area is 188 Å². The van der Waals surface area contributed by atoms with Crippen LogP contribution in [0, 0.1) is 0 Å². The Bertz CT molecular complexity index is 1410. The van der Waals surface area contributed by atoms with Gasteiger partial charge in [0.15, 0.2) is 5.82 Å². The van der Waals surface area contributed by atoms with Gasteiger partial charge in [0.2, 0.25) is 0 Å². The number of aromatic amines is 1. The van der Waals surface area contributed by atoms with Crippen LogP contribution in [0.15, 0.2) is 61.1 Å². The number of H-pyrrole nitrogens is 1. The first-order valence-electron chi connectivity index (χ1n) is 10.4. The maximum Gasteiger partial charge on any atom is 0.326 e. The van der Waals surface area contributed by atoms with Gasteiger partial charge in [-0.2, -0.15) is 0 Å². The van der Waals surface area contributed by atoms with Gasteiger partial charge in [-0.05, 0) is 36.2 Å². The van der Waals surface area contributed by atoms with Crippen LogP contribution >= 0.6 is 11.3 Å². The molecular weight excluding hydrogens is 422 g/mol. The van der Waals surface area contributed by atoms with Gasteiger partial charge in [0.1, 0.15) is 16.7 Å². The molecule has 1 atom stereocenters. The van der Waals surface area contributed by atoms with Crippen molar-refractivity contribution in [3.05, 3.63) is 71.5 Å². The zero-order chi connectivity index (χ0) is 22.1. The summed E-state index contributed by atoms with van der Waals surface area (Å²) >= 11 is 1.60. The SMILES string of the molecule is CCc1cc2c(NC(Cc3c[nH]c4ccccc34)C(=O)O)nc(-c3cccnc3)nc2s1. The van der Waals surface area contributed by atoms with Gasteiger partial charge in [-0.15, -0.1) is 11.3 Å². The summed E-state index contributed by atoms with van der Waals surface area (Å²) in [6.45, 7) is 2.09. The fraction of sp³-hybridized carbons (Fsp3) is 0.167. The molecule has 8 heteroatoms. The lowest BCUT2D eigenvalue weighted by atomic mass is 10.0. The van der Waals surface area contributed by atoms with Crippen molar-refractivity contribution >= 4 is 44.2 Å². The number of aryl methyl sites for hydroxylation is 1. The Morgan fingerprint density at radius 2 is 2.06 bits per heavy atom. The van der Waals surface area contributed by atoms with Crippen LogP contribution in [0.2, 0.25) is 0 Å². The van der Waals surface area contributed by atoms with Crippen molar-refractivity contribution in [2.75, 3.05) is 5.32 Å². The fourth-order valence-electron chi connectivity index (χ4n) is 3.77. The van der Waals surface area contributed by atoms with Crippen molar-refractivity contribution < 1.29 is 9.90 Å². The van der Waals surface area contributed by atoms with Crippen molar-refractivity contribution in [1.29, 1.82) is 0 Å². The molecular formula is C24H21N5O2S. The van der Waals surface area contributed by atoms with Crippen molar-refractivity contribution in [3.63, 3.8) is 0 Å². The summed E-state index contributed by atoms with van der Waals surface area (Å²) in [6.07, 6.45) is 6.47. The molecule has 5 aromatic rings. The minimum atomic E-state index is -0.934. The van der Waals surface area contributed by atoms with E-state index in [2.05, 4.69) is 22.2 Å². The van der Waals surface area contributed by atoms with E-state index < -0.39 is 12.0 Å². The lowest BCUT2D eigenvalue weighted by Crippen LogP contribution is -2.32. The zero-order valence-corrected chi connectivity index (χ0v) is 18.2. The predicted octanol–water partition coefficient (Wildman–Crippen LogP) is 4.90. The molecule has 160 valence electrons. The molecule has 0 amide bonds. The largest absolute Gasteiger partial charge is 0.480 e. The van der Waals surface area contributed by atoms with Crippen molar-refractivity contribution in [2.45, 2.75) is 25.8 Å². The molecule has 0 saturated carbocycles. The molecule has 32 heavy (non-hydrogen) atoms. The average molecular weight is 444 g/mol. The molecule has 1 aromatic carbocycles. The van der Waals surface area contributed by atoms with Gasteiger partial charge < -0.3 is 15.4 Å². The minimum absolute atomic E-state index is 0.317. The molecule has 0 radical (unpaired) electrons. The summed E-state index contributed by atoms with van der Waals surface area (Å²) in [6, 6.07) is 12.8. The second kappa shape index (κ2) is 8.39. The normalized spacial score (nSPS) is 12.3. The number of thiophene rings is 1. The third-order valence-electron chi connectivity index (χ3n) is 5.42. The van der Waals surface area contributed by atoms with Gasteiger partial charge in [-0.1, -0.05) is 25.1 Å². The molecule has 4 aromatic heterocycles. The first-order valence-corrected chi connectivity index (χ1v) is 11.2. The highest BCUT2D eigenvalue weighted by atomic mass is 32.1. The van der Waals surface area contributed by atoms with Crippen LogP contribution < -0.4 is 5.32 Å². The van der Waals surface area contributed by atoms with Crippen molar-refractivity contribution in [2.24, 2.45) is 0 Å². The van der Waals surface area contributed by atoms with E-state index in [0.717, 1.165) is 38.7 Å². The quantitative estimate of drug-likeness (QED) is 0.330. The number of carbonyl (C=O) groups is 1. The fourth-order valence-corrected chi connectivity index (χ4v) is 4.73. The third-order valence-corrected chi connectivity index (χ3v) is 6.59. The van der Waals surface area contributed by atoms with E-state index in [1.165, 1.54) is 4.88 Å². The molecule has 0 spiro atoms. The number of nitrogens with one attached hydrogen (secondary N) is 2. The number of carboxylic acids is 1. The second-order valence-corrected chi connectivity index (χ2v) is 8.64. The van der Waals surface area contributed by atoms with E-state index in [0.29, 0.717) is 18.1 Å². The van der Waals surface area contributed by atoms with Gasteiger partial charge in [-0.3, -0.25) is 4.98 Å². The number of aromatic nitrogens is 4. The molecule has 3 N–H and O–H groups in total. The highest BCUT2D eigenvalue weighted by Crippen LogP contribution is 2.32. The molecule has 0 saturated heterocycles. The molecule has 4 heterocycles. The number of carboxylic acid groups (broad SMARTS) is 1. The number of nitrogens with zero attached hydrogens (tertiary/aromatic N) is 3. The Morgan fingerprint density at radius 3 is 2.84 bits per heavy atom. The molecule has 7 nitrogen and oxygen atoms in total. The standard InChI is InChI=1S/C24H21N5O2S/c1-2-16-11-18-22(28-21(29-23(18)32-16)14-6-5-9-25-12-14)27-20(24(30)31)10-15-13-26-19-8-4-3-7-17(15)19/h3-9,11-13,20,26H,2,10H2,1H3,(H,30,31)(H,27,28,29). The summed E-state index contributed by atoms with van der Waals surface area (Å²) in [7, 11) is 0. The molecule has 0 aliphatic rings. The summed E-state index contributed by atoms with van der Waals surface area (Å²) in [5.74, 6) is 0.113. The maximum absolute atomic E-state index is 12.2. The van der Waals surface area contributed by atoms with Gasteiger partial charge in [0.25, 0.3) is 0 Å². The van der Waals surface area contributed by atoms with E-state index >= 15 is 0 Å². The molecule has 0 fully saturated rings. The predicted molar refractivity (Wildman–Crippen MR) is 127 cm³/mol. The van der Waals surface area contributed by atoms with E-state index in [-0.39, 0.29) is 0 Å². The molecule has 0 aliphatic carbocycles. The van der Waals surface area contributed by atoms with E-state index in [1.807, 2.05) is 48.7 Å². The minimum Gasteiger partial charge on any atom is -0.480 e. The van der Waals surface area contributed by atoms with Gasteiger partial charge in [0, 0.05) is 46.4 Å². The highest BCUT2D eigenvalue weighted by molar-refractivity contribution is 7.18. The van der Waals surface area contributed by atoms with Crippen LogP contribution in [0.25, 0.3) is 32.5 Å². The average Bonchev–Trinajstić information content (AvgIpc) is 3.43. The number of rotatable bonds is 7. The monoisotopic (exact) mass is 443 g/mol. The van der Waals surface area contributed by atoms with Crippen molar-refractivity contribution in [3.8, 4) is 11.4 Å². The van der Waals surface area contributed by atoms with Crippen molar-refractivity contribution in [1.82, 2.24) is 19.9 Å². The lowest BCUT2D eigenvalue weighted by Gasteiger charge is -2.16. The van der Waals surface area contributed by atoms with Crippen LogP contribution in [0.5, 0.6) is 0 Å². The number of hydrogen-bond acceptors (Lipinski definition) is 6. The Hall–Kier alpha value is -3.78. The number of para-hydroxylation sites is 1. The topological polar surface area (TPSA) is 104 Å². The molecule has 0 aliphatic heterocycles. The number of hydrogen-bond donors (Lipinski definition) is 3. The number of fused-ring (bicyclic) bond motifs is 2. The summed E-state index contributed by atoms with van der Waals surface area (Å²) in [5.41, 5.74) is 2.71. The number of anilines is 1. The summed E-state index contributed by atoms with van der Waals surface area (Å²) in [4.78, 5) is 31.0. The molecule has 0 bridgehead atoms. The Morgan fingerprint density at radius 1 is 1.19 bits per heavy atom. The van der Waals surface area contributed by atoms with Crippen LogP contribution in [-0.4, -0.2) is 37.1 Å². The molecule has 1 unspecified atom stereocenters. The van der Waals surface area contributed by atoms with E-state index in [4.69, 9.17) is 9.97 Å². The zero-order valence-electron chi connectivity index (χ0n) is 17.4. The van der Waals surface area contributed by atoms with E-state index in [1.54, 1.807) is 23.7 Å². The number of aliphatic carboxylic acids is 1. The first-order chi connectivity index (χ1) is 15.6.